The predicted molar refractivity (Wildman–Crippen MR) is 107 cm³/mol. The Morgan fingerprint density at radius 1 is 1.03 bits per heavy atom. The van der Waals surface area contributed by atoms with Crippen LogP contribution in [0.25, 0.3) is 0 Å². The second-order valence-electron chi connectivity index (χ2n) is 6.89. The molecule has 0 radical (unpaired) electrons. The van der Waals surface area contributed by atoms with E-state index in [0.717, 1.165) is 21.8 Å². The Bertz CT molecular complexity index is 1170. The Kier molecular flexibility index (Phi) is 5.17. The summed E-state index contributed by atoms with van der Waals surface area (Å²) in [5, 5.41) is 10.8. The van der Waals surface area contributed by atoms with Gasteiger partial charge in [-0.3, -0.25) is 9.59 Å². The number of carboxylic acid groups (broad SMARTS) is 1. The molecule has 30 heavy (non-hydrogen) atoms. The molecule has 0 spiro atoms. The smallest absolute Gasteiger partial charge is 0.346 e. The summed E-state index contributed by atoms with van der Waals surface area (Å²) >= 11 is 0.871. The van der Waals surface area contributed by atoms with Gasteiger partial charge in [-0.05, 0) is 59.2 Å². The van der Waals surface area contributed by atoms with Gasteiger partial charge < -0.3 is 5.11 Å². The van der Waals surface area contributed by atoms with Gasteiger partial charge in [0, 0.05) is 0 Å². The molecule has 1 aliphatic rings. The van der Waals surface area contributed by atoms with E-state index in [1.807, 2.05) is 0 Å². The van der Waals surface area contributed by atoms with Crippen molar-refractivity contribution in [1.82, 2.24) is 0 Å². The monoisotopic (exact) mass is 427 g/mol. The van der Waals surface area contributed by atoms with E-state index in [1.54, 1.807) is 18.2 Å². The van der Waals surface area contributed by atoms with Gasteiger partial charge in [0.15, 0.2) is 0 Å². The Balaban J connectivity index is 1.64. The summed E-state index contributed by atoms with van der Waals surface area (Å²) in [6.07, 6.45) is 0.869. The van der Waals surface area contributed by atoms with Crippen molar-refractivity contribution in [1.29, 1.82) is 0 Å². The van der Waals surface area contributed by atoms with E-state index in [9.17, 15) is 28.3 Å². The van der Waals surface area contributed by atoms with Crippen LogP contribution in [0.1, 0.15) is 36.7 Å². The zero-order valence-electron chi connectivity index (χ0n) is 15.5. The summed E-state index contributed by atoms with van der Waals surface area (Å²) in [5.41, 5.74) is 1.65. The number of carboxylic acids is 1. The molecule has 0 fully saturated rings. The maximum atomic E-state index is 14.6. The van der Waals surface area contributed by atoms with Crippen LogP contribution in [0.3, 0.4) is 0 Å². The number of anilines is 1. The van der Waals surface area contributed by atoms with Gasteiger partial charge in [-0.25, -0.2) is 18.5 Å². The predicted octanol–water partition coefficient (Wildman–Crippen LogP) is 4.24. The lowest BCUT2D eigenvalue weighted by Gasteiger charge is -2.26. The summed E-state index contributed by atoms with van der Waals surface area (Å²) in [4.78, 5) is 37.5. The van der Waals surface area contributed by atoms with Crippen molar-refractivity contribution in [2.45, 2.75) is 19.3 Å². The number of carbonyl (C=O) groups is 3. The second-order valence-corrected chi connectivity index (χ2v) is 7.77. The van der Waals surface area contributed by atoms with E-state index in [0.29, 0.717) is 24.0 Å². The first kappa shape index (κ1) is 19.9. The first-order chi connectivity index (χ1) is 14.3. The van der Waals surface area contributed by atoms with E-state index in [2.05, 4.69) is 0 Å². The molecule has 5 nitrogen and oxygen atoms in total. The highest BCUT2D eigenvalue weighted by Crippen LogP contribution is 2.33. The molecule has 2 aromatic carbocycles. The number of thiophene rings is 1. The van der Waals surface area contributed by atoms with Crippen LogP contribution in [0.4, 0.5) is 14.5 Å². The minimum atomic E-state index is -1.27. The number of rotatable bonds is 5. The molecular weight excluding hydrogens is 412 g/mol. The first-order valence-electron chi connectivity index (χ1n) is 9.09. The summed E-state index contributed by atoms with van der Waals surface area (Å²) in [5.74, 6) is -3.81. The van der Waals surface area contributed by atoms with E-state index in [4.69, 9.17) is 0 Å². The average Bonchev–Trinajstić information content (AvgIpc) is 3.14. The van der Waals surface area contributed by atoms with Crippen LogP contribution in [0.5, 0.6) is 0 Å². The molecule has 0 aliphatic carbocycles. The number of nitrogens with zero attached hydrogens (tertiary/aromatic N) is 1. The fraction of sp³-hybridized carbons (Fsp3) is 0.136. The van der Waals surface area contributed by atoms with Gasteiger partial charge in [-0.2, -0.15) is 0 Å². The molecule has 0 unspecified atom stereocenters. The summed E-state index contributed by atoms with van der Waals surface area (Å²) in [6.45, 7) is 0. The van der Waals surface area contributed by atoms with Crippen LogP contribution in [-0.4, -0.2) is 22.9 Å². The fourth-order valence-corrected chi connectivity index (χ4v) is 4.35. The van der Waals surface area contributed by atoms with E-state index in [-0.39, 0.29) is 28.4 Å². The topological polar surface area (TPSA) is 74.7 Å². The Labute approximate surface area is 174 Å². The molecule has 1 aromatic heterocycles. The van der Waals surface area contributed by atoms with Crippen molar-refractivity contribution in [3.05, 3.63) is 86.6 Å². The number of halogens is 2. The number of aryl methyl sites for hydroxylation is 2. The van der Waals surface area contributed by atoms with Crippen molar-refractivity contribution >= 4 is 34.8 Å². The molecule has 8 heteroatoms. The number of benzene rings is 2. The minimum Gasteiger partial charge on any atom is -0.477 e. The van der Waals surface area contributed by atoms with Crippen LogP contribution in [0.2, 0.25) is 0 Å². The number of amides is 2. The van der Waals surface area contributed by atoms with Gasteiger partial charge in [-0.15, -0.1) is 11.3 Å². The number of hydrogen-bond acceptors (Lipinski definition) is 4. The molecule has 0 atom stereocenters. The van der Waals surface area contributed by atoms with E-state index >= 15 is 0 Å². The molecule has 2 amide bonds. The molecule has 0 bridgehead atoms. The lowest BCUT2D eigenvalue weighted by atomic mass is 9.99. The third-order valence-corrected chi connectivity index (χ3v) is 5.95. The zero-order valence-corrected chi connectivity index (χ0v) is 16.3. The summed E-state index contributed by atoms with van der Waals surface area (Å²) in [7, 11) is 0. The lowest BCUT2D eigenvalue weighted by molar-refractivity contribution is -0.117. The zero-order chi connectivity index (χ0) is 21.4. The van der Waals surface area contributed by atoms with Gasteiger partial charge in [0.1, 0.15) is 16.5 Å². The molecule has 152 valence electrons. The highest BCUT2D eigenvalue weighted by molar-refractivity contribution is 7.12. The molecule has 1 aliphatic heterocycles. The molecule has 0 saturated carbocycles. The minimum absolute atomic E-state index is 0.0665. The summed E-state index contributed by atoms with van der Waals surface area (Å²) in [6, 6.07) is 10.2. The number of hydrogen-bond donors (Lipinski definition) is 1. The highest BCUT2D eigenvalue weighted by atomic mass is 32.1. The van der Waals surface area contributed by atoms with Gasteiger partial charge >= 0.3 is 5.97 Å². The SMILES string of the molecule is O=C(O)c1scc2c1C(=O)N(c1cc(CCc3ccc(F)cc3)ccc1F)C(=O)C2. The third-order valence-electron chi connectivity index (χ3n) is 4.94. The van der Waals surface area contributed by atoms with Gasteiger partial charge in [-0.1, -0.05) is 18.2 Å². The van der Waals surface area contributed by atoms with Crippen LogP contribution in [-0.2, 0) is 24.1 Å². The molecule has 1 N–H and O–H groups in total. The molecule has 3 aromatic rings. The average molecular weight is 427 g/mol. The van der Waals surface area contributed by atoms with Gasteiger partial charge in [0.05, 0.1) is 17.7 Å². The summed E-state index contributed by atoms with van der Waals surface area (Å²) < 4.78 is 27.6. The molecular formula is C22H15F2NO4S. The molecule has 0 saturated heterocycles. The fourth-order valence-electron chi connectivity index (χ4n) is 3.45. The first-order valence-corrected chi connectivity index (χ1v) is 9.97. The molecule has 4 rings (SSSR count). The largest absolute Gasteiger partial charge is 0.477 e. The quantitative estimate of drug-likeness (QED) is 0.618. The maximum absolute atomic E-state index is 14.6. The van der Waals surface area contributed by atoms with Crippen molar-refractivity contribution in [3.8, 4) is 0 Å². The van der Waals surface area contributed by atoms with E-state index < -0.39 is 23.6 Å². The number of imide groups is 1. The number of carbonyl (C=O) groups excluding carboxylic acids is 2. The Morgan fingerprint density at radius 2 is 1.70 bits per heavy atom. The van der Waals surface area contributed by atoms with Crippen LogP contribution in [0.15, 0.2) is 47.8 Å². The molecule has 2 heterocycles. The third kappa shape index (κ3) is 3.61. The Morgan fingerprint density at radius 3 is 2.40 bits per heavy atom. The number of fused-ring (bicyclic) bond motifs is 1. The van der Waals surface area contributed by atoms with Gasteiger partial charge in [0.2, 0.25) is 5.91 Å². The van der Waals surface area contributed by atoms with Crippen molar-refractivity contribution in [3.63, 3.8) is 0 Å². The van der Waals surface area contributed by atoms with Crippen molar-refractivity contribution < 1.29 is 28.3 Å². The van der Waals surface area contributed by atoms with Crippen LogP contribution < -0.4 is 4.90 Å². The van der Waals surface area contributed by atoms with Crippen molar-refractivity contribution in [2.75, 3.05) is 4.90 Å². The van der Waals surface area contributed by atoms with Crippen molar-refractivity contribution in [2.24, 2.45) is 0 Å². The Hall–Kier alpha value is -3.39. The van der Waals surface area contributed by atoms with Crippen LogP contribution >= 0.6 is 11.3 Å². The highest BCUT2D eigenvalue weighted by Gasteiger charge is 2.37. The number of aromatic carboxylic acids is 1. The van der Waals surface area contributed by atoms with E-state index in [1.165, 1.54) is 29.6 Å². The second kappa shape index (κ2) is 7.79. The lowest BCUT2D eigenvalue weighted by Crippen LogP contribution is -2.43. The normalized spacial score (nSPS) is 13.5. The van der Waals surface area contributed by atoms with Crippen LogP contribution in [0, 0.1) is 11.6 Å². The maximum Gasteiger partial charge on any atom is 0.346 e. The standard InChI is InChI=1S/C22H15F2NO4S/c23-15-6-3-12(4-7-15)1-2-13-5-8-16(24)17(9-13)25-18(26)10-14-11-30-20(22(28)29)19(14)21(25)27/h3-9,11H,1-2,10H2,(H,28,29). The van der Waals surface area contributed by atoms with Gasteiger partial charge in [0.25, 0.3) is 5.91 Å².